The van der Waals surface area contributed by atoms with Gasteiger partial charge < -0.3 is 14.2 Å². The lowest BCUT2D eigenvalue weighted by atomic mass is 10.0. The average molecular weight is 1060 g/mol. The smallest absolute Gasteiger partial charge is 0.306 e. The second-order valence-electron chi connectivity index (χ2n) is 21.6. The van der Waals surface area contributed by atoms with Crippen LogP contribution in [0.5, 0.6) is 0 Å². The van der Waals surface area contributed by atoms with Crippen LogP contribution in [0.4, 0.5) is 0 Å². The molecule has 0 saturated heterocycles. The Labute approximate surface area is 471 Å². The van der Waals surface area contributed by atoms with Crippen molar-refractivity contribution in [3.63, 3.8) is 0 Å². The monoisotopic (exact) mass is 1060 g/mol. The molecule has 0 aliphatic heterocycles. The molecule has 0 spiro atoms. The second-order valence-corrected chi connectivity index (χ2v) is 21.6. The highest BCUT2D eigenvalue weighted by Crippen LogP contribution is 2.17. The molecule has 438 valence electrons. The third kappa shape index (κ3) is 61.4. The zero-order chi connectivity index (χ0) is 55.0. The number of unbranched alkanes of at least 4 members (excludes halogenated alkanes) is 34. The topological polar surface area (TPSA) is 78.9 Å². The van der Waals surface area contributed by atoms with E-state index in [4.69, 9.17) is 14.2 Å². The van der Waals surface area contributed by atoms with Crippen LogP contribution in [-0.4, -0.2) is 37.2 Å². The van der Waals surface area contributed by atoms with E-state index in [9.17, 15) is 14.4 Å². The van der Waals surface area contributed by atoms with Gasteiger partial charge in [-0.25, -0.2) is 0 Å². The minimum absolute atomic E-state index is 0.0929. The number of hydrogen-bond acceptors (Lipinski definition) is 6. The molecule has 0 N–H and O–H groups in total. The minimum Gasteiger partial charge on any atom is -0.462 e. The van der Waals surface area contributed by atoms with E-state index < -0.39 is 6.10 Å². The molecule has 76 heavy (non-hydrogen) atoms. The van der Waals surface area contributed by atoms with Gasteiger partial charge in [-0.1, -0.05) is 292 Å². The summed E-state index contributed by atoms with van der Waals surface area (Å²) >= 11 is 0. The van der Waals surface area contributed by atoms with Crippen LogP contribution < -0.4 is 0 Å². The third-order valence-corrected chi connectivity index (χ3v) is 14.1. The molecule has 0 fully saturated rings. The van der Waals surface area contributed by atoms with Crippen LogP contribution in [0.3, 0.4) is 0 Å². The molecule has 1 atom stereocenters. The summed E-state index contributed by atoms with van der Waals surface area (Å²) in [5.41, 5.74) is 0. The first-order valence-corrected chi connectivity index (χ1v) is 32.6. The number of rotatable bonds is 59. The van der Waals surface area contributed by atoms with Gasteiger partial charge in [0.2, 0.25) is 0 Å². The molecule has 6 heteroatoms. The Kier molecular flexibility index (Phi) is 61.2. The summed E-state index contributed by atoms with van der Waals surface area (Å²) in [6, 6.07) is 0. The molecule has 0 aromatic rings. The van der Waals surface area contributed by atoms with Gasteiger partial charge in [0.05, 0.1) is 0 Å². The molecule has 0 aromatic carbocycles. The van der Waals surface area contributed by atoms with Gasteiger partial charge >= 0.3 is 17.9 Å². The standard InChI is InChI=1S/C70H122O6/c1-4-7-10-13-16-19-22-25-28-30-32-34-36-37-39-42-45-48-51-54-57-60-63-69(72)75-66-67(65-74-68(71)62-59-56-53-50-47-44-41-27-24-21-18-15-12-9-6-3)76-70(73)64-61-58-55-52-49-46-43-40-38-35-33-31-29-26-23-20-17-14-11-8-5-2/h9,12,18,21,23,26-27,31,33,38,40-41,47,50,67H,4-8,10-11,13-17,19-20,22,24-25,28-30,32,34-37,39,42-46,48-49,51-66H2,1-3H3/b12-9-,21-18-,26-23-,33-31-,40-38-,41-27-,50-47-. The van der Waals surface area contributed by atoms with Crippen molar-refractivity contribution < 1.29 is 28.6 Å². The van der Waals surface area contributed by atoms with Crippen molar-refractivity contribution in [2.45, 2.75) is 329 Å². The summed E-state index contributed by atoms with van der Waals surface area (Å²) in [6.07, 6.45) is 84.5. The average Bonchev–Trinajstić information content (AvgIpc) is 3.42. The fraction of sp³-hybridized carbons (Fsp3) is 0.757. The maximum atomic E-state index is 12.9. The zero-order valence-corrected chi connectivity index (χ0v) is 50.3. The van der Waals surface area contributed by atoms with Crippen molar-refractivity contribution >= 4 is 17.9 Å². The van der Waals surface area contributed by atoms with Crippen LogP contribution in [0.2, 0.25) is 0 Å². The molecule has 0 aliphatic rings. The van der Waals surface area contributed by atoms with Crippen molar-refractivity contribution in [3.05, 3.63) is 85.1 Å². The van der Waals surface area contributed by atoms with Crippen molar-refractivity contribution in [3.8, 4) is 0 Å². The first-order valence-electron chi connectivity index (χ1n) is 32.6. The largest absolute Gasteiger partial charge is 0.462 e. The third-order valence-electron chi connectivity index (χ3n) is 14.1. The van der Waals surface area contributed by atoms with E-state index in [2.05, 4.69) is 106 Å². The molecular weight excluding hydrogens is 937 g/mol. The Morgan fingerprint density at radius 2 is 0.513 bits per heavy atom. The van der Waals surface area contributed by atoms with Gasteiger partial charge in [-0.3, -0.25) is 14.4 Å². The lowest BCUT2D eigenvalue weighted by Gasteiger charge is -2.18. The van der Waals surface area contributed by atoms with Gasteiger partial charge in [-0.2, -0.15) is 0 Å². The van der Waals surface area contributed by atoms with Crippen LogP contribution in [-0.2, 0) is 28.6 Å². The van der Waals surface area contributed by atoms with Gasteiger partial charge in [0.1, 0.15) is 13.2 Å². The number of carbonyl (C=O) groups excluding carboxylic acids is 3. The summed E-state index contributed by atoms with van der Waals surface area (Å²) in [7, 11) is 0. The van der Waals surface area contributed by atoms with Gasteiger partial charge in [0.15, 0.2) is 6.10 Å². The first-order chi connectivity index (χ1) is 37.5. The van der Waals surface area contributed by atoms with Crippen molar-refractivity contribution in [2.24, 2.45) is 0 Å². The summed E-state index contributed by atoms with van der Waals surface area (Å²) in [5.74, 6) is -0.935. The molecule has 0 aromatic heterocycles. The van der Waals surface area contributed by atoms with Crippen molar-refractivity contribution in [1.29, 1.82) is 0 Å². The Morgan fingerprint density at radius 3 is 0.829 bits per heavy atom. The molecule has 6 nitrogen and oxygen atoms in total. The van der Waals surface area contributed by atoms with Gasteiger partial charge in [0.25, 0.3) is 0 Å². The van der Waals surface area contributed by atoms with Gasteiger partial charge in [0, 0.05) is 19.3 Å². The number of ether oxygens (including phenoxy) is 3. The fourth-order valence-corrected chi connectivity index (χ4v) is 9.27. The van der Waals surface area contributed by atoms with Crippen LogP contribution in [0, 0.1) is 0 Å². The normalized spacial score (nSPS) is 12.6. The molecule has 0 heterocycles. The first kappa shape index (κ1) is 72.6. The molecular formula is C70H122O6. The molecule has 0 saturated carbocycles. The second kappa shape index (κ2) is 64.1. The Hall–Kier alpha value is -3.41. The summed E-state index contributed by atoms with van der Waals surface area (Å²) in [5, 5.41) is 0. The predicted molar refractivity (Wildman–Crippen MR) is 330 cm³/mol. The molecule has 0 rings (SSSR count). The molecule has 0 amide bonds. The molecule has 1 unspecified atom stereocenters. The summed E-state index contributed by atoms with van der Waals surface area (Å²) < 4.78 is 16.9. The highest BCUT2D eigenvalue weighted by Gasteiger charge is 2.19. The highest BCUT2D eigenvalue weighted by molar-refractivity contribution is 5.71. The van der Waals surface area contributed by atoms with E-state index in [1.807, 2.05) is 0 Å². The number of carbonyl (C=O) groups is 3. The maximum absolute atomic E-state index is 12.9. The Bertz CT molecular complexity index is 1450. The zero-order valence-electron chi connectivity index (χ0n) is 50.3. The van der Waals surface area contributed by atoms with Crippen LogP contribution >= 0.6 is 0 Å². The van der Waals surface area contributed by atoms with E-state index in [0.717, 1.165) is 109 Å². The van der Waals surface area contributed by atoms with Crippen LogP contribution in [0.15, 0.2) is 85.1 Å². The molecule has 0 radical (unpaired) electrons. The SMILES string of the molecule is CC/C=C\C/C=C\C/C=C\C/C=C\CCCCC(=O)OCC(COC(=O)CCCCCCCCCCCCCCCCCCCCCCCC)OC(=O)CCCCCCCC/C=C\C/C=C\C/C=C\CCCCCCC. The highest BCUT2D eigenvalue weighted by atomic mass is 16.6. The van der Waals surface area contributed by atoms with Crippen molar-refractivity contribution in [1.82, 2.24) is 0 Å². The van der Waals surface area contributed by atoms with Crippen LogP contribution in [0.1, 0.15) is 323 Å². The molecule has 0 bridgehead atoms. The number of esters is 3. The van der Waals surface area contributed by atoms with Gasteiger partial charge in [-0.15, -0.1) is 0 Å². The van der Waals surface area contributed by atoms with E-state index in [-0.39, 0.29) is 31.1 Å². The van der Waals surface area contributed by atoms with Crippen molar-refractivity contribution in [2.75, 3.05) is 13.2 Å². The Balaban J connectivity index is 4.39. The van der Waals surface area contributed by atoms with Gasteiger partial charge in [-0.05, 0) is 96.3 Å². The quantitative estimate of drug-likeness (QED) is 0.0261. The number of allylic oxidation sites excluding steroid dienone is 14. The lowest BCUT2D eigenvalue weighted by Crippen LogP contribution is -2.30. The number of hydrogen-bond donors (Lipinski definition) is 0. The maximum Gasteiger partial charge on any atom is 0.306 e. The van der Waals surface area contributed by atoms with E-state index in [1.165, 1.54) is 173 Å². The van der Waals surface area contributed by atoms with E-state index in [0.29, 0.717) is 19.3 Å². The summed E-state index contributed by atoms with van der Waals surface area (Å²) in [4.78, 5) is 38.3. The predicted octanol–water partition coefficient (Wildman–Crippen LogP) is 22.3. The Morgan fingerprint density at radius 1 is 0.276 bits per heavy atom. The molecule has 0 aliphatic carbocycles. The van der Waals surface area contributed by atoms with E-state index >= 15 is 0 Å². The summed E-state index contributed by atoms with van der Waals surface area (Å²) in [6.45, 7) is 6.51. The van der Waals surface area contributed by atoms with Crippen LogP contribution in [0.25, 0.3) is 0 Å². The fourth-order valence-electron chi connectivity index (χ4n) is 9.27. The van der Waals surface area contributed by atoms with E-state index in [1.54, 1.807) is 0 Å². The lowest BCUT2D eigenvalue weighted by molar-refractivity contribution is -0.167. The minimum atomic E-state index is -0.801.